The van der Waals surface area contributed by atoms with Gasteiger partial charge in [-0.05, 0) is 37.8 Å². The number of rotatable bonds is 6. The van der Waals surface area contributed by atoms with Crippen molar-refractivity contribution < 1.29 is 18.5 Å². The number of carbonyl (C=O) groups is 1. The quantitative estimate of drug-likeness (QED) is 0.877. The topological polar surface area (TPSA) is 90.4 Å². The molecule has 1 N–H and O–H groups in total. The van der Waals surface area contributed by atoms with Crippen molar-refractivity contribution in [3.8, 4) is 0 Å². The Morgan fingerprint density at radius 1 is 1.43 bits per heavy atom. The number of hydrogen-bond acceptors (Lipinski definition) is 6. The molecule has 0 spiro atoms. The predicted octanol–water partition coefficient (Wildman–Crippen LogP) is 2.19. The first-order valence-corrected chi connectivity index (χ1v) is 7.92. The Labute approximate surface area is 134 Å². The van der Waals surface area contributed by atoms with Gasteiger partial charge in [0.15, 0.2) is 5.82 Å². The molecule has 0 aromatic carbocycles. The second kappa shape index (κ2) is 7.41. The number of carbonyl (C=O) groups excluding carboxylic acids is 1. The van der Waals surface area contributed by atoms with E-state index in [-0.39, 0.29) is 17.9 Å². The molecule has 124 valence electrons. The molecule has 7 nitrogen and oxygen atoms in total. The molecule has 1 aliphatic heterocycles. The van der Waals surface area contributed by atoms with Crippen LogP contribution in [0.3, 0.4) is 0 Å². The third-order valence-electron chi connectivity index (χ3n) is 4.04. The van der Waals surface area contributed by atoms with Crippen LogP contribution >= 0.6 is 0 Å². The average Bonchev–Trinajstić information content (AvgIpc) is 3.23. The minimum atomic E-state index is -0.260. The Hall–Kier alpha value is -2.15. The summed E-state index contributed by atoms with van der Waals surface area (Å²) >= 11 is 0. The highest BCUT2D eigenvalue weighted by molar-refractivity contribution is 5.76. The molecular weight excluding hydrogens is 298 g/mol. The molecule has 0 radical (unpaired) electrons. The van der Waals surface area contributed by atoms with Crippen LogP contribution in [0.2, 0.25) is 0 Å². The van der Waals surface area contributed by atoms with Gasteiger partial charge in [-0.1, -0.05) is 5.16 Å². The number of aryl methyl sites for hydroxylation is 2. The molecule has 1 atom stereocenters. The van der Waals surface area contributed by atoms with Gasteiger partial charge >= 0.3 is 0 Å². The summed E-state index contributed by atoms with van der Waals surface area (Å²) in [5, 5.41) is 6.89. The third kappa shape index (κ3) is 4.19. The van der Waals surface area contributed by atoms with Crippen molar-refractivity contribution in [1.29, 1.82) is 0 Å². The number of nitrogens with one attached hydrogen (secondary N) is 1. The van der Waals surface area contributed by atoms with Crippen LogP contribution in [0, 0.1) is 12.8 Å². The van der Waals surface area contributed by atoms with Crippen molar-refractivity contribution in [2.24, 2.45) is 5.92 Å². The van der Waals surface area contributed by atoms with E-state index in [1.807, 2.05) is 12.1 Å². The minimum Gasteiger partial charge on any atom is -0.469 e. The molecule has 0 saturated carbocycles. The molecule has 1 fully saturated rings. The number of aromatic nitrogens is 2. The molecule has 2 aromatic heterocycles. The average molecular weight is 319 g/mol. The maximum absolute atomic E-state index is 12.3. The van der Waals surface area contributed by atoms with Gasteiger partial charge in [0.25, 0.3) is 0 Å². The van der Waals surface area contributed by atoms with Crippen molar-refractivity contribution in [1.82, 2.24) is 15.5 Å². The predicted molar refractivity (Wildman–Crippen MR) is 80.5 cm³/mol. The van der Waals surface area contributed by atoms with E-state index >= 15 is 0 Å². The van der Waals surface area contributed by atoms with E-state index in [0.29, 0.717) is 37.8 Å². The standard InChI is InChI=1S/C16H21N3O4/c1-11-17-16(23-19-11)15(12-6-9-21-10-7-12)18-14(20)5-4-13-3-2-8-22-13/h2-3,8,12,15H,4-7,9-10H2,1H3,(H,18,20). The smallest absolute Gasteiger partial charge is 0.249 e. The van der Waals surface area contributed by atoms with Crippen molar-refractivity contribution >= 4 is 5.91 Å². The van der Waals surface area contributed by atoms with E-state index in [2.05, 4.69) is 15.5 Å². The van der Waals surface area contributed by atoms with E-state index < -0.39 is 0 Å². The van der Waals surface area contributed by atoms with Gasteiger partial charge in [-0.25, -0.2) is 0 Å². The zero-order valence-corrected chi connectivity index (χ0v) is 13.2. The van der Waals surface area contributed by atoms with Gasteiger partial charge in [0.05, 0.1) is 6.26 Å². The highest BCUT2D eigenvalue weighted by atomic mass is 16.5. The van der Waals surface area contributed by atoms with E-state index in [1.54, 1.807) is 13.2 Å². The summed E-state index contributed by atoms with van der Waals surface area (Å²) in [6.07, 6.45) is 4.27. The lowest BCUT2D eigenvalue weighted by molar-refractivity contribution is -0.122. The number of amides is 1. The lowest BCUT2D eigenvalue weighted by Crippen LogP contribution is -2.36. The zero-order chi connectivity index (χ0) is 16.1. The van der Waals surface area contributed by atoms with Crippen LogP contribution in [0.25, 0.3) is 0 Å². The number of furan rings is 1. The van der Waals surface area contributed by atoms with E-state index in [4.69, 9.17) is 13.7 Å². The van der Waals surface area contributed by atoms with Crippen LogP contribution in [0.15, 0.2) is 27.3 Å². The summed E-state index contributed by atoms with van der Waals surface area (Å²) in [4.78, 5) is 16.6. The van der Waals surface area contributed by atoms with Gasteiger partial charge in [-0.15, -0.1) is 0 Å². The minimum absolute atomic E-state index is 0.0475. The number of hydrogen-bond donors (Lipinski definition) is 1. The second-order valence-corrected chi connectivity index (χ2v) is 5.75. The first-order valence-electron chi connectivity index (χ1n) is 7.92. The molecular formula is C16H21N3O4. The van der Waals surface area contributed by atoms with E-state index in [9.17, 15) is 4.79 Å². The normalized spacial score (nSPS) is 17.1. The van der Waals surface area contributed by atoms with Crippen LogP contribution < -0.4 is 5.32 Å². The van der Waals surface area contributed by atoms with Gasteiger partial charge in [-0.2, -0.15) is 4.98 Å². The molecule has 1 aliphatic rings. The van der Waals surface area contributed by atoms with Crippen molar-refractivity contribution in [3.63, 3.8) is 0 Å². The Balaban J connectivity index is 1.64. The zero-order valence-electron chi connectivity index (χ0n) is 13.2. The van der Waals surface area contributed by atoms with Gasteiger partial charge in [0.1, 0.15) is 11.8 Å². The largest absolute Gasteiger partial charge is 0.469 e. The molecule has 3 heterocycles. The summed E-state index contributed by atoms with van der Waals surface area (Å²) in [6, 6.07) is 3.42. The van der Waals surface area contributed by atoms with Crippen LogP contribution in [-0.4, -0.2) is 29.3 Å². The highest BCUT2D eigenvalue weighted by Crippen LogP contribution is 2.29. The lowest BCUT2D eigenvalue weighted by Gasteiger charge is -2.28. The van der Waals surface area contributed by atoms with E-state index in [0.717, 1.165) is 18.6 Å². The fourth-order valence-corrected chi connectivity index (χ4v) is 2.81. The van der Waals surface area contributed by atoms with Gasteiger partial charge in [-0.3, -0.25) is 4.79 Å². The number of ether oxygens (including phenoxy) is 1. The summed E-state index contributed by atoms with van der Waals surface area (Å²) in [5.41, 5.74) is 0. The maximum Gasteiger partial charge on any atom is 0.249 e. The number of nitrogens with zero attached hydrogens (tertiary/aromatic N) is 2. The lowest BCUT2D eigenvalue weighted by atomic mass is 9.91. The summed E-state index contributed by atoms with van der Waals surface area (Å²) < 4.78 is 16.0. The molecule has 7 heteroatoms. The Bertz CT molecular complexity index is 617. The molecule has 1 amide bonds. The van der Waals surface area contributed by atoms with Crippen molar-refractivity contribution in [2.75, 3.05) is 13.2 Å². The first-order chi connectivity index (χ1) is 11.2. The summed E-state index contributed by atoms with van der Waals surface area (Å²) in [5.74, 6) is 2.05. The van der Waals surface area contributed by atoms with Gasteiger partial charge < -0.3 is 19.0 Å². The summed E-state index contributed by atoms with van der Waals surface area (Å²) in [6.45, 7) is 3.15. The van der Waals surface area contributed by atoms with Crippen molar-refractivity contribution in [3.05, 3.63) is 35.9 Å². The Morgan fingerprint density at radius 3 is 2.91 bits per heavy atom. The maximum atomic E-state index is 12.3. The summed E-state index contributed by atoms with van der Waals surface area (Å²) in [7, 11) is 0. The van der Waals surface area contributed by atoms with E-state index in [1.165, 1.54) is 0 Å². The fourth-order valence-electron chi connectivity index (χ4n) is 2.81. The Kier molecular flexibility index (Phi) is 5.07. The Morgan fingerprint density at radius 2 is 2.26 bits per heavy atom. The molecule has 1 saturated heterocycles. The molecule has 2 aromatic rings. The SMILES string of the molecule is Cc1noc(C(NC(=O)CCc2ccco2)C2CCOCC2)n1. The fraction of sp³-hybridized carbons (Fsp3) is 0.562. The second-order valence-electron chi connectivity index (χ2n) is 5.75. The van der Waals surface area contributed by atoms with Crippen LogP contribution in [-0.2, 0) is 16.0 Å². The molecule has 23 heavy (non-hydrogen) atoms. The molecule has 0 aliphatic carbocycles. The third-order valence-corrected chi connectivity index (χ3v) is 4.04. The molecule has 1 unspecified atom stereocenters. The van der Waals surface area contributed by atoms with Crippen LogP contribution in [0.4, 0.5) is 0 Å². The van der Waals surface area contributed by atoms with Gasteiger partial charge in [0, 0.05) is 26.1 Å². The molecule has 3 rings (SSSR count). The van der Waals surface area contributed by atoms with Crippen LogP contribution in [0.1, 0.15) is 42.8 Å². The first kappa shape index (κ1) is 15.7. The van der Waals surface area contributed by atoms with Crippen molar-refractivity contribution in [2.45, 2.75) is 38.6 Å². The molecule has 0 bridgehead atoms. The van der Waals surface area contributed by atoms with Crippen LogP contribution in [0.5, 0.6) is 0 Å². The highest BCUT2D eigenvalue weighted by Gasteiger charge is 2.31. The van der Waals surface area contributed by atoms with Gasteiger partial charge in [0.2, 0.25) is 11.8 Å². The monoisotopic (exact) mass is 319 g/mol.